The van der Waals surface area contributed by atoms with Crippen LogP contribution in [0.2, 0.25) is 10.0 Å². The molecule has 0 unspecified atom stereocenters. The molecule has 0 fully saturated rings. The van der Waals surface area contributed by atoms with Crippen LogP contribution in [0, 0.1) is 0 Å². The number of nitrogens with one attached hydrogen (secondary N) is 1. The molecule has 0 saturated carbocycles. The van der Waals surface area contributed by atoms with Gasteiger partial charge in [0.15, 0.2) is 0 Å². The Kier molecular flexibility index (Phi) is 4.51. The van der Waals surface area contributed by atoms with Crippen molar-refractivity contribution >= 4 is 34.6 Å². The number of halogens is 2. The van der Waals surface area contributed by atoms with Crippen molar-refractivity contribution < 1.29 is 0 Å². The summed E-state index contributed by atoms with van der Waals surface area (Å²) in [5.41, 5.74) is 2.90. The Morgan fingerprint density at radius 1 is 1.16 bits per heavy atom. The van der Waals surface area contributed by atoms with Crippen LogP contribution in [0.25, 0.3) is 0 Å². The Morgan fingerprint density at radius 2 is 1.84 bits per heavy atom. The molecule has 0 aliphatic rings. The second-order valence-corrected chi connectivity index (χ2v) is 5.16. The van der Waals surface area contributed by atoms with Crippen molar-refractivity contribution in [3.63, 3.8) is 0 Å². The van der Waals surface area contributed by atoms with Gasteiger partial charge in [0.1, 0.15) is 0 Å². The van der Waals surface area contributed by atoms with E-state index in [1.807, 2.05) is 43.3 Å². The first kappa shape index (κ1) is 14.0. The van der Waals surface area contributed by atoms with E-state index in [0.29, 0.717) is 16.6 Å². The first-order valence-electron chi connectivity index (χ1n) is 5.87. The summed E-state index contributed by atoms with van der Waals surface area (Å²) in [4.78, 5) is 6.16. The molecule has 2 rings (SSSR count). The summed E-state index contributed by atoms with van der Waals surface area (Å²) in [7, 11) is 3.98. The molecule has 0 atom stereocenters. The van der Waals surface area contributed by atoms with Crippen LogP contribution in [0.1, 0.15) is 5.56 Å². The van der Waals surface area contributed by atoms with E-state index in [4.69, 9.17) is 23.2 Å². The van der Waals surface area contributed by atoms with Crippen LogP contribution < -0.4 is 10.2 Å². The van der Waals surface area contributed by atoms with Crippen LogP contribution in [0.4, 0.5) is 11.4 Å². The lowest BCUT2D eigenvalue weighted by Crippen LogP contribution is -2.12. The first-order valence-corrected chi connectivity index (χ1v) is 6.63. The third-order valence-electron chi connectivity index (χ3n) is 2.80. The van der Waals surface area contributed by atoms with Gasteiger partial charge in [-0.05, 0) is 18.2 Å². The molecule has 0 radical (unpaired) electrons. The van der Waals surface area contributed by atoms with Gasteiger partial charge in [-0.25, -0.2) is 0 Å². The number of hydrogen-bond donors (Lipinski definition) is 1. The van der Waals surface area contributed by atoms with E-state index in [1.54, 1.807) is 12.4 Å². The van der Waals surface area contributed by atoms with E-state index in [1.165, 1.54) is 0 Å². The lowest BCUT2D eigenvalue weighted by molar-refractivity contribution is 1.09. The molecule has 0 bridgehead atoms. The highest BCUT2D eigenvalue weighted by atomic mass is 35.5. The zero-order chi connectivity index (χ0) is 13.8. The van der Waals surface area contributed by atoms with Gasteiger partial charge in [-0.15, -0.1) is 0 Å². The van der Waals surface area contributed by atoms with E-state index in [9.17, 15) is 0 Å². The van der Waals surface area contributed by atoms with Crippen molar-refractivity contribution in [3.8, 4) is 0 Å². The lowest BCUT2D eigenvalue weighted by atomic mass is 10.2. The summed E-state index contributed by atoms with van der Waals surface area (Å²) in [5.74, 6) is 0. The summed E-state index contributed by atoms with van der Waals surface area (Å²) in [6.07, 6.45) is 3.56. The molecule has 0 aliphatic heterocycles. The zero-order valence-electron chi connectivity index (χ0n) is 10.8. The molecule has 100 valence electrons. The summed E-state index contributed by atoms with van der Waals surface area (Å²) in [6.45, 7) is 0.561. The molecule has 1 heterocycles. The maximum absolute atomic E-state index is 6.15. The van der Waals surface area contributed by atoms with E-state index in [0.717, 1.165) is 16.9 Å². The van der Waals surface area contributed by atoms with Gasteiger partial charge in [-0.1, -0.05) is 29.3 Å². The predicted octanol–water partition coefficient (Wildman–Crippen LogP) is 4.07. The minimum absolute atomic E-state index is 0.561. The van der Waals surface area contributed by atoms with Crippen molar-refractivity contribution in [2.75, 3.05) is 24.3 Å². The molecule has 5 heteroatoms. The molecule has 1 aromatic carbocycles. The fourth-order valence-electron chi connectivity index (χ4n) is 1.80. The molecule has 1 aromatic heterocycles. The van der Waals surface area contributed by atoms with Crippen LogP contribution in [0.15, 0.2) is 36.7 Å². The number of benzene rings is 1. The monoisotopic (exact) mass is 295 g/mol. The molecule has 2 aromatic rings. The largest absolute Gasteiger partial charge is 0.378 e. The van der Waals surface area contributed by atoms with Crippen LogP contribution in [0.5, 0.6) is 0 Å². The lowest BCUT2D eigenvalue weighted by Gasteiger charge is -2.18. The third kappa shape index (κ3) is 3.31. The van der Waals surface area contributed by atoms with Crippen LogP contribution in [0.3, 0.4) is 0 Å². The Balaban J connectivity index is 2.19. The number of rotatable bonds is 4. The average Bonchev–Trinajstić information content (AvgIpc) is 2.38. The predicted molar refractivity (Wildman–Crippen MR) is 82.4 cm³/mol. The number of aromatic nitrogens is 1. The van der Waals surface area contributed by atoms with Gasteiger partial charge in [-0.2, -0.15) is 0 Å². The highest BCUT2D eigenvalue weighted by Gasteiger charge is 2.08. The Labute approximate surface area is 123 Å². The Morgan fingerprint density at radius 3 is 2.47 bits per heavy atom. The van der Waals surface area contributed by atoms with Crippen molar-refractivity contribution in [3.05, 3.63) is 52.3 Å². The molecule has 0 spiro atoms. The molecule has 1 N–H and O–H groups in total. The van der Waals surface area contributed by atoms with Gasteiger partial charge in [0.2, 0.25) is 0 Å². The number of pyridine rings is 1. The molecule has 0 aliphatic carbocycles. The maximum atomic E-state index is 6.15. The van der Waals surface area contributed by atoms with E-state index in [-0.39, 0.29) is 0 Å². The molecular formula is C14H15Cl2N3. The Bertz CT molecular complexity index is 550. The van der Waals surface area contributed by atoms with E-state index >= 15 is 0 Å². The summed E-state index contributed by atoms with van der Waals surface area (Å²) < 4.78 is 0. The molecule has 3 nitrogen and oxygen atoms in total. The third-order valence-corrected chi connectivity index (χ3v) is 3.51. The summed E-state index contributed by atoms with van der Waals surface area (Å²) >= 11 is 12.3. The minimum atomic E-state index is 0.561. The van der Waals surface area contributed by atoms with Gasteiger partial charge in [0, 0.05) is 42.4 Å². The van der Waals surface area contributed by atoms with Crippen LogP contribution in [-0.2, 0) is 6.54 Å². The van der Waals surface area contributed by atoms with Gasteiger partial charge in [0.25, 0.3) is 0 Å². The molecular weight excluding hydrogens is 281 g/mol. The topological polar surface area (TPSA) is 28.2 Å². The number of hydrogen-bond acceptors (Lipinski definition) is 3. The van der Waals surface area contributed by atoms with Crippen LogP contribution >= 0.6 is 23.2 Å². The van der Waals surface area contributed by atoms with E-state index in [2.05, 4.69) is 10.3 Å². The summed E-state index contributed by atoms with van der Waals surface area (Å²) in [5, 5.41) is 4.64. The van der Waals surface area contributed by atoms with E-state index < -0.39 is 0 Å². The fourth-order valence-corrected chi connectivity index (χ4v) is 2.33. The van der Waals surface area contributed by atoms with Crippen molar-refractivity contribution in [1.82, 2.24) is 4.98 Å². The Hall–Kier alpha value is -1.45. The normalized spacial score (nSPS) is 10.3. The minimum Gasteiger partial charge on any atom is -0.378 e. The first-order chi connectivity index (χ1) is 9.09. The van der Waals surface area contributed by atoms with Crippen molar-refractivity contribution in [2.45, 2.75) is 6.54 Å². The summed E-state index contributed by atoms with van der Waals surface area (Å²) in [6, 6.07) is 7.46. The molecule has 19 heavy (non-hydrogen) atoms. The van der Waals surface area contributed by atoms with Gasteiger partial charge < -0.3 is 10.2 Å². The van der Waals surface area contributed by atoms with Crippen molar-refractivity contribution in [1.29, 1.82) is 0 Å². The quantitative estimate of drug-likeness (QED) is 0.922. The SMILES string of the molecule is CN(C)c1ccncc1NCc1c(Cl)cccc1Cl. The maximum Gasteiger partial charge on any atom is 0.0766 e. The highest BCUT2D eigenvalue weighted by Crippen LogP contribution is 2.27. The number of anilines is 2. The van der Waals surface area contributed by atoms with Crippen LogP contribution in [-0.4, -0.2) is 19.1 Å². The number of nitrogens with zero attached hydrogens (tertiary/aromatic N) is 2. The molecule has 0 saturated heterocycles. The fraction of sp³-hybridized carbons (Fsp3) is 0.214. The van der Waals surface area contributed by atoms with Gasteiger partial charge in [-0.3, -0.25) is 4.98 Å². The van der Waals surface area contributed by atoms with Crippen molar-refractivity contribution in [2.24, 2.45) is 0 Å². The second-order valence-electron chi connectivity index (χ2n) is 4.34. The second kappa shape index (κ2) is 6.13. The standard InChI is InChI=1S/C14H15Cl2N3/c1-19(2)14-6-7-17-9-13(14)18-8-10-11(15)4-3-5-12(10)16/h3-7,9,18H,8H2,1-2H3. The van der Waals surface area contributed by atoms with Gasteiger partial charge in [0.05, 0.1) is 17.6 Å². The highest BCUT2D eigenvalue weighted by molar-refractivity contribution is 6.36. The zero-order valence-corrected chi connectivity index (χ0v) is 12.3. The molecule has 0 amide bonds. The average molecular weight is 296 g/mol. The smallest absolute Gasteiger partial charge is 0.0766 e. The van der Waals surface area contributed by atoms with Gasteiger partial charge >= 0.3 is 0 Å².